The van der Waals surface area contributed by atoms with Crippen LogP contribution in [-0.2, 0) is 4.79 Å². The van der Waals surface area contributed by atoms with E-state index in [9.17, 15) is 9.59 Å². The molecular formula is C12H14N2O3. The average molecular weight is 234 g/mol. The Morgan fingerprint density at radius 2 is 2.24 bits per heavy atom. The number of amides is 1. The molecule has 2 rings (SSSR count). The highest BCUT2D eigenvalue weighted by Crippen LogP contribution is 2.13. The van der Waals surface area contributed by atoms with E-state index >= 15 is 0 Å². The van der Waals surface area contributed by atoms with E-state index < -0.39 is 5.97 Å². The van der Waals surface area contributed by atoms with Crippen LogP contribution in [-0.4, -0.2) is 29.6 Å². The number of carbonyl (C=O) groups excluding carboxylic acids is 1. The van der Waals surface area contributed by atoms with Crippen molar-refractivity contribution in [2.24, 2.45) is 0 Å². The zero-order chi connectivity index (χ0) is 12.3. The lowest BCUT2D eigenvalue weighted by atomic mass is 10.2. The van der Waals surface area contributed by atoms with Crippen LogP contribution in [0.2, 0.25) is 0 Å². The van der Waals surface area contributed by atoms with Crippen molar-refractivity contribution in [2.75, 3.05) is 11.9 Å². The number of benzene rings is 1. The predicted molar refractivity (Wildman–Crippen MR) is 63.1 cm³/mol. The van der Waals surface area contributed by atoms with E-state index in [0.29, 0.717) is 5.69 Å². The Kier molecular flexibility index (Phi) is 3.39. The van der Waals surface area contributed by atoms with Crippen molar-refractivity contribution < 1.29 is 14.7 Å². The highest BCUT2D eigenvalue weighted by Gasteiger charge is 2.21. The Balaban J connectivity index is 2.05. The van der Waals surface area contributed by atoms with Crippen LogP contribution in [0.15, 0.2) is 24.3 Å². The highest BCUT2D eigenvalue weighted by molar-refractivity contribution is 5.96. The minimum Gasteiger partial charge on any atom is -0.478 e. The lowest BCUT2D eigenvalue weighted by Crippen LogP contribution is -2.35. The predicted octanol–water partition coefficient (Wildman–Crippen LogP) is 1.08. The first-order chi connectivity index (χ1) is 8.16. The second-order valence-corrected chi connectivity index (χ2v) is 4.02. The highest BCUT2D eigenvalue weighted by atomic mass is 16.4. The molecule has 0 aliphatic carbocycles. The Morgan fingerprint density at radius 1 is 1.41 bits per heavy atom. The molecule has 5 heteroatoms. The molecule has 1 aromatic rings. The van der Waals surface area contributed by atoms with Crippen molar-refractivity contribution in [1.82, 2.24) is 5.32 Å². The van der Waals surface area contributed by atoms with E-state index in [2.05, 4.69) is 10.6 Å². The molecule has 0 saturated carbocycles. The zero-order valence-electron chi connectivity index (χ0n) is 9.27. The molecule has 1 fully saturated rings. The summed E-state index contributed by atoms with van der Waals surface area (Å²) >= 11 is 0. The third-order valence-corrected chi connectivity index (χ3v) is 2.75. The molecular weight excluding hydrogens is 220 g/mol. The number of carboxylic acid groups (broad SMARTS) is 1. The molecule has 0 bridgehead atoms. The van der Waals surface area contributed by atoms with Crippen LogP contribution in [0.1, 0.15) is 23.2 Å². The third kappa shape index (κ3) is 2.82. The van der Waals surface area contributed by atoms with E-state index in [-0.39, 0.29) is 17.5 Å². The van der Waals surface area contributed by atoms with Gasteiger partial charge in [-0.15, -0.1) is 0 Å². The molecule has 1 amide bonds. The molecule has 0 aromatic heterocycles. The molecule has 0 radical (unpaired) electrons. The summed E-state index contributed by atoms with van der Waals surface area (Å²) in [7, 11) is 0. The number of carbonyl (C=O) groups is 2. The van der Waals surface area contributed by atoms with Gasteiger partial charge >= 0.3 is 5.97 Å². The van der Waals surface area contributed by atoms with E-state index in [1.54, 1.807) is 12.1 Å². The lowest BCUT2D eigenvalue weighted by molar-refractivity contribution is -0.117. The Hall–Kier alpha value is -1.88. The largest absolute Gasteiger partial charge is 0.478 e. The summed E-state index contributed by atoms with van der Waals surface area (Å²) < 4.78 is 0. The van der Waals surface area contributed by atoms with Gasteiger partial charge in [-0.25, -0.2) is 4.79 Å². The van der Waals surface area contributed by atoms with Crippen molar-refractivity contribution in [3.05, 3.63) is 29.8 Å². The standard InChI is InChI=1S/C12H14N2O3/c15-11(10-5-2-6-13-10)14-9-4-1-3-8(7-9)12(16)17/h1,3-4,7,10,13H,2,5-6H2,(H,14,15)(H,16,17). The van der Waals surface area contributed by atoms with Gasteiger partial charge in [0.1, 0.15) is 0 Å². The number of hydrogen-bond donors (Lipinski definition) is 3. The first-order valence-electron chi connectivity index (χ1n) is 5.54. The quantitative estimate of drug-likeness (QED) is 0.731. The van der Waals surface area contributed by atoms with Gasteiger partial charge < -0.3 is 15.7 Å². The normalized spacial score (nSPS) is 18.9. The fourth-order valence-electron chi connectivity index (χ4n) is 1.87. The van der Waals surface area contributed by atoms with E-state index in [1.807, 2.05) is 0 Å². The molecule has 1 aliphatic heterocycles. The Labute approximate surface area is 98.8 Å². The number of rotatable bonds is 3. The summed E-state index contributed by atoms with van der Waals surface area (Å²) in [5.74, 6) is -1.11. The monoisotopic (exact) mass is 234 g/mol. The topological polar surface area (TPSA) is 78.4 Å². The molecule has 1 unspecified atom stereocenters. The van der Waals surface area contributed by atoms with Crippen LogP contribution in [0, 0.1) is 0 Å². The SMILES string of the molecule is O=C(O)c1cccc(NC(=O)C2CCCN2)c1. The smallest absolute Gasteiger partial charge is 0.335 e. The van der Waals surface area contributed by atoms with Gasteiger partial charge in [0.25, 0.3) is 0 Å². The van der Waals surface area contributed by atoms with E-state index in [4.69, 9.17) is 5.11 Å². The fourth-order valence-corrected chi connectivity index (χ4v) is 1.87. The molecule has 1 heterocycles. The summed E-state index contributed by atoms with van der Waals surface area (Å²) in [6.07, 6.45) is 1.82. The Morgan fingerprint density at radius 3 is 2.88 bits per heavy atom. The summed E-state index contributed by atoms with van der Waals surface area (Å²) in [5, 5.41) is 14.6. The van der Waals surface area contributed by atoms with Crippen LogP contribution in [0.3, 0.4) is 0 Å². The van der Waals surface area contributed by atoms with Crippen LogP contribution >= 0.6 is 0 Å². The van der Waals surface area contributed by atoms with Crippen LogP contribution < -0.4 is 10.6 Å². The van der Waals surface area contributed by atoms with Crippen molar-refractivity contribution in [3.8, 4) is 0 Å². The van der Waals surface area contributed by atoms with Gasteiger partial charge in [0, 0.05) is 5.69 Å². The van der Waals surface area contributed by atoms with Crippen molar-refractivity contribution in [2.45, 2.75) is 18.9 Å². The molecule has 1 atom stereocenters. The van der Waals surface area contributed by atoms with Gasteiger partial charge in [0.05, 0.1) is 11.6 Å². The number of hydrogen-bond acceptors (Lipinski definition) is 3. The maximum absolute atomic E-state index is 11.8. The zero-order valence-corrected chi connectivity index (χ0v) is 9.27. The lowest BCUT2D eigenvalue weighted by Gasteiger charge is -2.11. The first-order valence-corrected chi connectivity index (χ1v) is 5.54. The number of carboxylic acids is 1. The third-order valence-electron chi connectivity index (χ3n) is 2.75. The van der Waals surface area contributed by atoms with Gasteiger partial charge in [0.2, 0.25) is 5.91 Å². The minimum absolute atomic E-state index is 0.106. The summed E-state index contributed by atoms with van der Waals surface area (Å²) in [6, 6.07) is 6.07. The molecule has 1 aliphatic rings. The maximum atomic E-state index is 11.8. The molecule has 1 saturated heterocycles. The fraction of sp³-hybridized carbons (Fsp3) is 0.333. The molecule has 0 spiro atoms. The molecule has 1 aromatic carbocycles. The van der Waals surface area contributed by atoms with Gasteiger partial charge in [-0.05, 0) is 37.6 Å². The summed E-state index contributed by atoms with van der Waals surface area (Å²) in [5.41, 5.74) is 0.686. The summed E-state index contributed by atoms with van der Waals surface area (Å²) in [4.78, 5) is 22.5. The second-order valence-electron chi connectivity index (χ2n) is 4.02. The number of aromatic carboxylic acids is 1. The second kappa shape index (κ2) is 4.97. The van der Waals surface area contributed by atoms with E-state index in [1.165, 1.54) is 12.1 Å². The first kappa shape index (κ1) is 11.6. The van der Waals surface area contributed by atoms with Gasteiger partial charge in [-0.2, -0.15) is 0 Å². The van der Waals surface area contributed by atoms with Gasteiger partial charge in [0.15, 0.2) is 0 Å². The maximum Gasteiger partial charge on any atom is 0.335 e. The van der Waals surface area contributed by atoms with Crippen LogP contribution in [0.5, 0.6) is 0 Å². The molecule has 17 heavy (non-hydrogen) atoms. The van der Waals surface area contributed by atoms with Crippen LogP contribution in [0.25, 0.3) is 0 Å². The van der Waals surface area contributed by atoms with Crippen LogP contribution in [0.4, 0.5) is 5.69 Å². The minimum atomic E-state index is -1.000. The Bertz CT molecular complexity index is 439. The molecule has 5 nitrogen and oxygen atoms in total. The molecule has 90 valence electrons. The molecule has 3 N–H and O–H groups in total. The number of anilines is 1. The van der Waals surface area contributed by atoms with Crippen molar-refractivity contribution >= 4 is 17.6 Å². The average Bonchev–Trinajstić information content (AvgIpc) is 2.82. The van der Waals surface area contributed by atoms with Gasteiger partial charge in [-0.1, -0.05) is 6.07 Å². The van der Waals surface area contributed by atoms with E-state index in [0.717, 1.165) is 19.4 Å². The van der Waals surface area contributed by atoms with Crippen molar-refractivity contribution in [3.63, 3.8) is 0 Å². The van der Waals surface area contributed by atoms with Gasteiger partial charge in [-0.3, -0.25) is 4.79 Å². The number of nitrogens with one attached hydrogen (secondary N) is 2. The van der Waals surface area contributed by atoms with Crippen molar-refractivity contribution in [1.29, 1.82) is 0 Å². The summed E-state index contributed by atoms with van der Waals surface area (Å²) in [6.45, 7) is 0.854.